The van der Waals surface area contributed by atoms with Gasteiger partial charge in [-0.1, -0.05) is 0 Å². The third-order valence-corrected chi connectivity index (χ3v) is 5.82. The first-order valence-corrected chi connectivity index (χ1v) is 10.2. The zero-order valence-electron chi connectivity index (χ0n) is 16.4. The molecule has 6 N–H and O–H groups in total. The molecule has 13 nitrogen and oxygen atoms in total. The molecule has 0 radical (unpaired) electrons. The zero-order chi connectivity index (χ0) is 22.8. The van der Waals surface area contributed by atoms with Gasteiger partial charge in [0.2, 0.25) is 11.7 Å². The number of carboxylic acid groups (broad SMARTS) is 1. The first-order valence-electron chi connectivity index (χ1n) is 8.75. The maximum absolute atomic E-state index is 12.8. The number of hydrogen-bond acceptors (Lipinski definition) is 9. The molecule has 5 atom stereocenters. The number of aryl methyl sites for hydroxylation is 2. The second kappa shape index (κ2) is 9.09. The number of aliphatic carboxylic acids is 1. The first kappa shape index (κ1) is 23.8. The number of carbonyl (C=O) groups is 2. The smallest absolute Gasteiger partial charge is 0.370 e. The molecular weight excluding hydrogens is 424 g/mol. The molecule has 0 bridgehead atoms. The van der Waals surface area contributed by atoms with Gasteiger partial charge in [-0.2, -0.15) is 0 Å². The van der Waals surface area contributed by atoms with Gasteiger partial charge in [0, 0.05) is 20.2 Å². The second-order valence-corrected chi connectivity index (χ2v) is 8.43. The van der Waals surface area contributed by atoms with Gasteiger partial charge in [-0.25, -0.2) is 22.9 Å². The molecule has 0 aliphatic carbocycles. The van der Waals surface area contributed by atoms with Gasteiger partial charge >= 0.3 is 5.97 Å². The third kappa shape index (κ3) is 5.14. The van der Waals surface area contributed by atoms with Crippen molar-refractivity contribution in [3.8, 4) is 0 Å². The number of imidazole rings is 1. The van der Waals surface area contributed by atoms with Crippen molar-refractivity contribution in [1.82, 2.24) is 19.6 Å². The van der Waals surface area contributed by atoms with Crippen LogP contribution in [-0.4, -0.2) is 87.3 Å². The third-order valence-electron chi connectivity index (χ3n) is 4.49. The molecule has 1 aromatic rings. The molecule has 0 saturated carbocycles. The van der Waals surface area contributed by atoms with Crippen LogP contribution in [0.5, 0.6) is 0 Å². The largest absolute Gasteiger partial charge is 0.478 e. The minimum atomic E-state index is -4.27. The van der Waals surface area contributed by atoms with Gasteiger partial charge in [0.15, 0.2) is 5.03 Å². The number of aromatic nitrogens is 2. The summed E-state index contributed by atoms with van der Waals surface area (Å²) >= 11 is 0. The van der Waals surface area contributed by atoms with Crippen LogP contribution in [-0.2, 0) is 31.4 Å². The summed E-state index contributed by atoms with van der Waals surface area (Å²) in [6.07, 6.45) is -3.02. The number of carboxylic acids is 1. The maximum atomic E-state index is 12.8. The average molecular weight is 448 g/mol. The number of rotatable bonds is 8. The summed E-state index contributed by atoms with van der Waals surface area (Å²) in [5.74, 6) is -2.51. The van der Waals surface area contributed by atoms with Crippen molar-refractivity contribution in [1.29, 1.82) is 0 Å². The lowest BCUT2D eigenvalue weighted by atomic mass is 9.92. The van der Waals surface area contributed by atoms with E-state index in [4.69, 9.17) is 9.84 Å². The van der Waals surface area contributed by atoms with Crippen molar-refractivity contribution >= 4 is 21.9 Å². The van der Waals surface area contributed by atoms with E-state index in [0.29, 0.717) is 5.82 Å². The van der Waals surface area contributed by atoms with Crippen LogP contribution in [0.15, 0.2) is 23.1 Å². The predicted molar refractivity (Wildman–Crippen MR) is 99.4 cm³/mol. The molecule has 0 unspecified atom stereocenters. The molecular formula is C16H24N4O9S. The normalized spacial score (nSPS) is 23.8. The monoisotopic (exact) mass is 448 g/mol. The Morgan fingerprint density at radius 1 is 1.37 bits per heavy atom. The number of hydrogen-bond donors (Lipinski definition) is 6. The Labute approximate surface area is 172 Å². The molecule has 1 aliphatic heterocycles. The van der Waals surface area contributed by atoms with E-state index in [1.165, 1.54) is 10.8 Å². The highest BCUT2D eigenvalue weighted by Crippen LogP contribution is 2.24. The topological polar surface area (TPSA) is 200 Å². The number of amides is 1. The van der Waals surface area contributed by atoms with E-state index in [2.05, 4.69) is 15.0 Å². The van der Waals surface area contributed by atoms with Crippen LogP contribution in [0, 0.1) is 6.92 Å². The van der Waals surface area contributed by atoms with E-state index in [-0.39, 0.29) is 5.03 Å². The Kier molecular flexibility index (Phi) is 7.20. The molecule has 0 fully saturated rings. The van der Waals surface area contributed by atoms with E-state index in [1.807, 2.05) is 0 Å². The van der Waals surface area contributed by atoms with Crippen molar-refractivity contribution in [2.24, 2.45) is 7.05 Å². The highest BCUT2D eigenvalue weighted by Gasteiger charge is 2.45. The molecule has 1 amide bonds. The number of sulfonamides is 1. The lowest BCUT2D eigenvalue weighted by molar-refractivity contribution is -0.146. The van der Waals surface area contributed by atoms with Crippen LogP contribution < -0.4 is 10.0 Å². The first-order chi connectivity index (χ1) is 13.9. The molecule has 14 heteroatoms. The fourth-order valence-electron chi connectivity index (χ4n) is 2.87. The van der Waals surface area contributed by atoms with Crippen molar-refractivity contribution in [3.63, 3.8) is 0 Å². The highest BCUT2D eigenvalue weighted by atomic mass is 32.2. The van der Waals surface area contributed by atoms with Gasteiger partial charge < -0.3 is 35.0 Å². The standard InChI is InChI=1S/C16H24N4O9S/c1-7-17-12(5-20(7)3)30(27,28)19-9-4-11(16(25)26)29-15(13(9)18-8(2)22)14(24)10(23)6-21/h4-5,9-10,13-15,19,21,23-24H,6H2,1-3H3,(H,18,22)(H,25,26)/t9-,10+,13+,14+,15+/m0/s1. The Hall–Kier alpha value is -2.52. The van der Waals surface area contributed by atoms with Gasteiger partial charge in [-0.15, -0.1) is 0 Å². The van der Waals surface area contributed by atoms with Gasteiger partial charge in [0.25, 0.3) is 10.0 Å². The molecule has 2 heterocycles. The van der Waals surface area contributed by atoms with E-state index >= 15 is 0 Å². The van der Waals surface area contributed by atoms with Crippen LogP contribution in [0.1, 0.15) is 12.7 Å². The minimum Gasteiger partial charge on any atom is -0.478 e. The second-order valence-electron chi connectivity index (χ2n) is 6.77. The van der Waals surface area contributed by atoms with E-state index in [0.717, 1.165) is 13.0 Å². The molecule has 2 rings (SSSR count). The van der Waals surface area contributed by atoms with Gasteiger partial charge in [0.05, 0.1) is 18.7 Å². The van der Waals surface area contributed by atoms with E-state index in [9.17, 15) is 33.3 Å². The quantitative estimate of drug-likeness (QED) is 0.237. The van der Waals surface area contributed by atoms with Crippen LogP contribution in [0.4, 0.5) is 0 Å². The lowest BCUT2D eigenvalue weighted by Crippen LogP contribution is -2.63. The Morgan fingerprint density at radius 3 is 2.47 bits per heavy atom. The summed E-state index contributed by atoms with van der Waals surface area (Å²) < 4.78 is 34.4. The van der Waals surface area contributed by atoms with Gasteiger partial charge in [-0.3, -0.25) is 4.79 Å². The molecule has 30 heavy (non-hydrogen) atoms. The van der Waals surface area contributed by atoms with Crippen LogP contribution in [0.3, 0.4) is 0 Å². The number of ether oxygens (including phenoxy) is 1. The van der Waals surface area contributed by atoms with Gasteiger partial charge in [-0.05, 0) is 13.0 Å². The fourth-order valence-corrected chi connectivity index (χ4v) is 4.11. The molecule has 0 saturated heterocycles. The zero-order valence-corrected chi connectivity index (χ0v) is 17.2. The molecule has 0 spiro atoms. The summed E-state index contributed by atoms with van der Waals surface area (Å²) in [5.41, 5.74) is 0. The van der Waals surface area contributed by atoms with Crippen molar-refractivity contribution in [3.05, 3.63) is 23.9 Å². The summed E-state index contributed by atoms with van der Waals surface area (Å²) in [5, 5.41) is 40.5. The van der Waals surface area contributed by atoms with Crippen LogP contribution in [0.2, 0.25) is 0 Å². The van der Waals surface area contributed by atoms with E-state index in [1.54, 1.807) is 14.0 Å². The number of aliphatic hydroxyl groups excluding tert-OH is 3. The molecule has 1 aliphatic rings. The Balaban J connectivity index is 2.49. The Morgan fingerprint density at radius 2 is 2.00 bits per heavy atom. The van der Waals surface area contributed by atoms with Gasteiger partial charge in [0.1, 0.15) is 24.1 Å². The minimum absolute atomic E-state index is 0.340. The van der Waals surface area contributed by atoms with Crippen molar-refractivity contribution in [2.75, 3.05) is 6.61 Å². The van der Waals surface area contributed by atoms with Crippen molar-refractivity contribution in [2.45, 2.75) is 49.3 Å². The fraction of sp³-hybridized carbons (Fsp3) is 0.562. The maximum Gasteiger partial charge on any atom is 0.370 e. The highest BCUT2D eigenvalue weighted by molar-refractivity contribution is 7.89. The SMILES string of the molecule is CC(=O)N[C@H]1[C@H]([C@H](O)[C@H](O)CO)OC(C(=O)O)=C[C@@H]1NS(=O)(=O)c1cn(C)c(C)n1. The predicted octanol–water partition coefficient (Wildman–Crippen LogP) is -3.04. The Bertz CT molecular complexity index is 923. The summed E-state index contributed by atoms with van der Waals surface area (Å²) in [4.78, 5) is 27.0. The number of nitrogens with zero attached hydrogens (tertiary/aromatic N) is 2. The number of carbonyl (C=O) groups excluding carboxylic acids is 1. The van der Waals surface area contributed by atoms with E-state index < -0.39 is 64.7 Å². The number of aliphatic hydroxyl groups is 3. The van der Waals surface area contributed by atoms with Crippen LogP contribution in [0.25, 0.3) is 0 Å². The molecule has 0 aromatic carbocycles. The lowest BCUT2D eigenvalue weighted by Gasteiger charge is -2.39. The summed E-state index contributed by atoms with van der Waals surface area (Å²) in [7, 11) is -2.69. The number of nitrogens with one attached hydrogen (secondary N) is 2. The summed E-state index contributed by atoms with van der Waals surface area (Å²) in [6.45, 7) is 1.82. The van der Waals surface area contributed by atoms with Crippen LogP contribution >= 0.6 is 0 Å². The molecule has 1 aromatic heterocycles. The summed E-state index contributed by atoms with van der Waals surface area (Å²) in [6, 6.07) is -2.70. The van der Waals surface area contributed by atoms with Crippen molar-refractivity contribution < 1.29 is 43.2 Å². The average Bonchev–Trinajstić information content (AvgIpc) is 3.00. The molecule has 168 valence electrons.